The van der Waals surface area contributed by atoms with Gasteiger partial charge >= 0.3 is 6.03 Å². The zero-order valence-corrected chi connectivity index (χ0v) is 5.87. The van der Waals surface area contributed by atoms with Crippen LogP contribution in [-0.4, -0.2) is 30.3 Å². The average Bonchev–Trinajstić information content (AvgIpc) is 1.97. The van der Waals surface area contributed by atoms with Crippen LogP contribution in [0.1, 0.15) is 0 Å². The predicted octanol–water partition coefficient (Wildman–Crippen LogP) is -2.05. The van der Waals surface area contributed by atoms with Gasteiger partial charge in [-0.1, -0.05) is 0 Å². The monoisotopic (exact) mass is 161 g/mol. The normalized spacial score (nSPS) is 10.8. The second-order valence-electron chi connectivity index (χ2n) is 1.67. The van der Waals surface area contributed by atoms with Gasteiger partial charge in [0.1, 0.15) is 0 Å². The van der Waals surface area contributed by atoms with Crippen molar-refractivity contribution >= 4 is 12.0 Å². The number of hydroxylamine groups is 1. The van der Waals surface area contributed by atoms with Crippen molar-refractivity contribution in [1.82, 2.24) is 10.8 Å². The standard InChI is InChI=1S/C4H11N5O2/c5-3(9-11)7-1-2-8-4(6)10/h11H,1-2H2,(H3,5,7,9)(H3,6,8,10). The van der Waals surface area contributed by atoms with E-state index in [1.165, 1.54) is 0 Å². The van der Waals surface area contributed by atoms with Gasteiger partial charge in [-0.2, -0.15) is 0 Å². The molecule has 0 atom stereocenters. The van der Waals surface area contributed by atoms with E-state index in [2.05, 4.69) is 10.3 Å². The van der Waals surface area contributed by atoms with Crippen LogP contribution in [0.2, 0.25) is 0 Å². The molecule has 0 aromatic carbocycles. The SMILES string of the molecule is NC(=O)NCCN=C(N)NO. The maximum atomic E-state index is 10.1. The molecule has 7 heteroatoms. The zero-order valence-electron chi connectivity index (χ0n) is 5.87. The van der Waals surface area contributed by atoms with Crippen LogP contribution in [0.5, 0.6) is 0 Å². The number of rotatable bonds is 3. The van der Waals surface area contributed by atoms with Gasteiger partial charge < -0.3 is 16.8 Å². The summed E-state index contributed by atoms with van der Waals surface area (Å²) in [6, 6.07) is -0.615. The maximum absolute atomic E-state index is 10.1. The molecule has 0 aromatic heterocycles. The van der Waals surface area contributed by atoms with E-state index in [0.29, 0.717) is 0 Å². The van der Waals surface area contributed by atoms with Crippen LogP contribution >= 0.6 is 0 Å². The minimum atomic E-state index is -0.615. The highest BCUT2D eigenvalue weighted by Crippen LogP contribution is 1.66. The van der Waals surface area contributed by atoms with E-state index in [9.17, 15) is 4.79 Å². The number of nitrogens with zero attached hydrogens (tertiary/aromatic N) is 1. The molecule has 0 fully saturated rings. The summed E-state index contributed by atoms with van der Waals surface area (Å²) in [7, 11) is 0. The van der Waals surface area contributed by atoms with Crippen molar-refractivity contribution in [1.29, 1.82) is 0 Å². The van der Waals surface area contributed by atoms with Crippen molar-refractivity contribution in [2.45, 2.75) is 0 Å². The fourth-order valence-corrected chi connectivity index (χ4v) is 0.391. The molecule has 0 heterocycles. The van der Waals surface area contributed by atoms with Gasteiger partial charge in [-0.05, 0) is 0 Å². The fraction of sp³-hybridized carbons (Fsp3) is 0.500. The molecule has 7 nitrogen and oxygen atoms in total. The summed E-state index contributed by atoms with van der Waals surface area (Å²) in [5.41, 5.74) is 11.4. The third kappa shape index (κ3) is 6.38. The van der Waals surface area contributed by atoms with Gasteiger partial charge in [0.05, 0.1) is 6.54 Å². The molecule has 0 aliphatic carbocycles. The van der Waals surface area contributed by atoms with Crippen molar-refractivity contribution in [3.63, 3.8) is 0 Å². The Morgan fingerprint density at radius 3 is 2.64 bits per heavy atom. The van der Waals surface area contributed by atoms with Crippen molar-refractivity contribution < 1.29 is 10.0 Å². The third-order valence-corrected chi connectivity index (χ3v) is 0.808. The Morgan fingerprint density at radius 2 is 2.18 bits per heavy atom. The van der Waals surface area contributed by atoms with E-state index in [1.54, 1.807) is 5.48 Å². The Hall–Kier alpha value is -1.50. The number of carbonyl (C=O) groups excluding carboxylic acids is 1. The summed E-state index contributed by atoms with van der Waals surface area (Å²) in [4.78, 5) is 13.7. The van der Waals surface area contributed by atoms with Crippen LogP contribution in [0.4, 0.5) is 4.79 Å². The molecule has 64 valence electrons. The van der Waals surface area contributed by atoms with Gasteiger partial charge in [0.25, 0.3) is 0 Å². The summed E-state index contributed by atoms with van der Waals surface area (Å²) in [6.45, 7) is 0.556. The first-order chi connectivity index (χ1) is 5.16. The molecular formula is C4H11N5O2. The minimum absolute atomic E-state index is 0.101. The molecule has 0 aliphatic heterocycles. The number of aliphatic imine (C=N–C) groups is 1. The Kier molecular flexibility index (Phi) is 4.58. The van der Waals surface area contributed by atoms with Crippen LogP contribution in [0.25, 0.3) is 0 Å². The van der Waals surface area contributed by atoms with Crippen molar-refractivity contribution in [3.8, 4) is 0 Å². The molecule has 0 saturated carbocycles. The summed E-state index contributed by atoms with van der Waals surface area (Å²) in [6.07, 6.45) is 0. The zero-order chi connectivity index (χ0) is 8.69. The quantitative estimate of drug-likeness (QED) is 0.141. The number of guanidine groups is 1. The largest absolute Gasteiger partial charge is 0.368 e. The third-order valence-electron chi connectivity index (χ3n) is 0.808. The van der Waals surface area contributed by atoms with Crippen LogP contribution in [0.3, 0.4) is 0 Å². The number of hydrogen-bond donors (Lipinski definition) is 5. The predicted molar refractivity (Wildman–Crippen MR) is 39.0 cm³/mol. The molecule has 0 aliphatic rings. The van der Waals surface area contributed by atoms with Crippen molar-refractivity contribution in [2.24, 2.45) is 16.5 Å². The fourth-order valence-electron chi connectivity index (χ4n) is 0.391. The topological polar surface area (TPSA) is 126 Å². The van der Waals surface area contributed by atoms with Crippen LogP contribution in [0.15, 0.2) is 4.99 Å². The number of nitrogens with one attached hydrogen (secondary N) is 2. The molecule has 0 bridgehead atoms. The molecule has 2 amide bonds. The van der Waals surface area contributed by atoms with Gasteiger partial charge in [-0.3, -0.25) is 5.21 Å². The first-order valence-corrected chi connectivity index (χ1v) is 2.90. The molecule has 0 saturated heterocycles. The van der Waals surface area contributed by atoms with Crippen LogP contribution in [0, 0.1) is 0 Å². The summed E-state index contributed by atoms with van der Waals surface area (Å²) in [5.74, 6) is -0.101. The lowest BCUT2D eigenvalue weighted by Crippen LogP contribution is -2.33. The van der Waals surface area contributed by atoms with Crippen molar-refractivity contribution in [3.05, 3.63) is 0 Å². The second-order valence-corrected chi connectivity index (χ2v) is 1.67. The average molecular weight is 161 g/mol. The number of carbonyl (C=O) groups is 1. The number of nitrogens with two attached hydrogens (primary N) is 2. The van der Waals surface area contributed by atoms with Gasteiger partial charge in [0.2, 0.25) is 5.96 Å². The highest BCUT2D eigenvalue weighted by molar-refractivity contribution is 5.76. The lowest BCUT2D eigenvalue weighted by Gasteiger charge is -1.98. The van der Waals surface area contributed by atoms with Gasteiger partial charge in [0.15, 0.2) is 0 Å². The van der Waals surface area contributed by atoms with E-state index in [-0.39, 0.29) is 19.0 Å². The molecule has 11 heavy (non-hydrogen) atoms. The van der Waals surface area contributed by atoms with E-state index in [4.69, 9.17) is 16.7 Å². The first-order valence-electron chi connectivity index (χ1n) is 2.90. The van der Waals surface area contributed by atoms with E-state index < -0.39 is 6.03 Å². The second kappa shape index (κ2) is 5.30. The highest BCUT2D eigenvalue weighted by atomic mass is 16.5. The lowest BCUT2D eigenvalue weighted by atomic mass is 10.6. The van der Waals surface area contributed by atoms with Crippen LogP contribution < -0.4 is 22.3 Å². The van der Waals surface area contributed by atoms with E-state index in [1.807, 2.05) is 0 Å². The molecule has 0 aromatic rings. The van der Waals surface area contributed by atoms with Crippen LogP contribution in [-0.2, 0) is 0 Å². The lowest BCUT2D eigenvalue weighted by molar-refractivity contribution is 0.232. The van der Waals surface area contributed by atoms with Gasteiger partial charge in [0, 0.05) is 6.54 Å². The maximum Gasteiger partial charge on any atom is 0.312 e. The molecular weight excluding hydrogens is 150 g/mol. The van der Waals surface area contributed by atoms with Crippen molar-refractivity contribution in [2.75, 3.05) is 13.1 Å². The molecule has 0 rings (SSSR count). The Labute approximate surface area is 63.4 Å². The van der Waals surface area contributed by atoms with Gasteiger partial charge in [-0.25, -0.2) is 15.3 Å². The van der Waals surface area contributed by atoms with E-state index >= 15 is 0 Å². The molecule has 7 N–H and O–H groups in total. The number of primary amides is 1. The molecule has 0 spiro atoms. The summed E-state index contributed by atoms with van der Waals surface area (Å²) < 4.78 is 0. The van der Waals surface area contributed by atoms with E-state index in [0.717, 1.165) is 0 Å². The minimum Gasteiger partial charge on any atom is -0.368 e. The summed E-state index contributed by atoms with van der Waals surface area (Å²) >= 11 is 0. The Balaban J connectivity index is 3.33. The Morgan fingerprint density at radius 1 is 1.55 bits per heavy atom. The Bertz CT molecular complexity index is 157. The number of hydrogen-bond acceptors (Lipinski definition) is 3. The highest BCUT2D eigenvalue weighted by Gasteiger charge is 1.89. The first kappa shape index (κ1) is 9.50. The number of urea groups is 1. The summed E-state index contributed by atoms with van der Waals surface area (Å²) in [5, 5.41) is 10.4. The molecule has 0 unspecified atom stereocenters. The van der Waals surface area contributed by atoms with Gasteiger partial charge in [-0.15, -0.1) is 0 Å². The smallest absolute Gasteiger partial charge is 0.312 e. The number of amides is 2. The molecule has 0 radical (unpaired) electrons.